The van der Waals surface area contributed by atoms with Crippen molar-refractivity contribution < 1.29 is 9.59 Å². The number of likely N-dealkylation sites (N-methyl/N-ethyl adjacent to an activating group) is 2. The summed E-state index contributed by atoms with van der Waals surface area (Å²) in [5.74, 6) is 0.577. The van der Waals surface area contributed by atoms with Crippen molar-refractivity contribution in [1.82, 2.24) is 14.7 Å². The van der Waals surface area contributed by atoms with Crippen molar-refractivity contribution in [3.05, 3.63) is 96.1 Å². The zero-order valence-corrected chi connectivity index (χ0v) is 21.6. The lowest BCUT2D eigenvalue weighted by Gasteiger charge is -2.40. The average molecular weight is 484 g/mol. The van der Waals surface area contributed by atoms with Crippen LogP contribution in [0.5, 0.6) is 0 Å². The summed E-state index contributed by atoms with van der Waals surface area (Å²) in [7, 11) is 5.79. The molecule has 0 aliphatic carbocycles. The Bertz CT molecular complexity index is 1120. The molecular weight excluding hydrogens is 446 g/mol. The first-order valence-electron chi connectivity index (χ1n) is 12.8. The van der Waals surface area contributed by atoms with Crippen LogP contribution in [-0.4, -0.2) is 73.3 Å². The molecule has 4 rings (SSSR count). The molecule has 0 bridgehead atoms. The number of hydrogen-bond acceptors (Lipinski definition) is 3. The lowest BCUT2D eigenvalue weighted by atomic mass is 9.84. The van der Waals surface area contributed by atoms with Crippen LogP contribution in [0.3, 0.4) is 0 Å². The molecule has 0 radical (unpaired) electrons. The van der Waals surface area contributed by atoms with Gasteiger partial charge >= 0.3 is 0 Å². The highest BCUT2D eigenvalue weighted by atomic mass is 16.2. The second-order valence-electron chi connectivity index (χ2n) is 10.1. The Balaban J connectivity index is 1.41. The molecule has 1 heterocycles. The second kappa shape index (κ2) is 12.0. The van der Waals surface area contributed by atoms with Crippen LogP contribution in [0.4, 0.5) is 0 Å². The lowest BCUT2D eigenvalue weighted by molar-refractivity contribution is -0.134. The molecule has 1 atom stereocenters. The fraction of sp³-hybridized carbons (Fsp3) is 0.355. The fourth-order valence-corrected chi connectivity index (χ4v) is 5.15. The number of rotatable bonds is 8. The van der Waals surface area contributed by atoms with E-state index in [4.69, 9.17) is 0 Å². The third-order valence-corrected chi connectivity index (χ3v) is 7.24. The van der Waals surface area contributed by atoms with Crippen LogP contribution in [0.1, 0.15) is 28.8 Å². The predicted octanol–water partition coefficient (Wildman–Crippen LogP) is 4.84. The van der Waals surface area contributed by atoms with E-state index in [-0.39, 0.29) is 17.9 Å². The Morgan fingerprint density at radius 1 is 0.806 bits per heavy atom. The van der Waals surface area contributed by atoms with Crippen molar-refractivity contribution in [2.45, 2.75) is 25.3 Å². The maximum atomic E-state index is 13.2. The molecule has 0 N–H and O–H groups in total. The first-order valence-corrected chi connectivity index (χ1v) is 12.8. The summed E-state index contributed by atoms with van der Waals surface area (Å²) >= 11 is 0. The Labute approximate surface area is 215 Å². The molecule has 3 aromatic rings. The number of hydrogen-bond donors (Lipinski definition) is 0. The molecule has 0 unspecified atom stereocenters. The number of benzene rings is 3. The SMILES string of the molecule is CN(C)CC(=O)N(C)[C@@H](Cc1ccccc1)C1CCN(C(=O)c2ccc(-c3ccccc3)cc2)CC1. The number of nitrogens with zero attached hydrogens (tertiary/aromatic N) is 3. The van der Waals surface area contributed by atoms with Crippen molar-refractivity contribution in [2.75, 3.05) is 40.8 Å². The van der Waals surface area contributed by atoms with E-state index in [1.165, 1.54) is 5.56 Å². The molecule has 2 amide bonds. The second-order valence-corrected chi connectivity index (χ2v) is 10.1. The molecule has 5 nitrogen and oxygen atoms in total. The zero-order chi connectivity index (χ0) is 25.5. The van der Waals surface area contributed by atoms with Crippen LogP contribution >= 0.6 is 0 Å². The van der Waals surface area contributed by atoms with E-state index in [9.17, 15) is 9.59 Å². The number of carbonyl (C=O) groups excluding carboxylic acids is 2. The van der Waals surface area contributed by atoms with E-state index < -0.39 is 0 Å². The molecule has 1 fully saturated rings. The highest BCUT2D eigenvalue weighted by molar-refractivity contribution is 5.94. The van der Waals surface area contributed by atoms with Gasteiger partial charge in [0.05, 0.1) is 6.54 Å². The maximum Gasteiger partial charge on any atom is 0.253 e. The number of piperidine rings is 1. The molecule has 36 heavy (non-hydrogen) atoms. The van der Waals surface area contributed by atoms with E-state index in [0.29, 0.717) is 25.6 Å². The van der Waals surface area contributed by atoms with Gasteiger partial charge in [-0.2, -0.15) is 0 Å². The van der Waals surface area contributed by atoms with Gasteiger partial charge in [0, 0.05) is 31.7 Å². The van der Waals surface area contributed by atoms with Crippen molar-refractivity contribution in [1.29, 1.82) is 0 Å². The van der Waals surface area contributed by atoms with Crippen molar-refractivity contribution >= 4 is 11.8 Å². The molecule has 0 saturated carbocycles. The Morgan fingerprint density at radius 3 is 1.94 bits per heavy atom. The van der Waals surface area contributed by atoms with Crippen molar-refractivity contribution in [3.63, 3.8) is 0 Å². The number of amides is 2. The third kappa shape index (κ3) is 6.41. The van der Waals surface area contributed by atoms with E-state index in [0.717, 1.165) is 36.0 Å². The summed E-state index contributed by atoms with van der Waals surface area (Å²) in [6, 6.07) is 28.6. The van der Waals surface area contributed by atoms with Gasteiger partial charge in [0.25, 0.3) is 5.91 Å². The van der Waals surface area contributed by atoms with Gasteiger partial charge in [0.1, 0.15) is 0 Å². The molecule has 1 aliphatic rings. The predicted molar refractivity (Wildman–Crippen MR) is 146 cm³/mol. The molecular formula is C31H37N3O2. The maximum absolute atomic E-state index is 13.2. The van der Waals surface area contributed by atoms with Gasteiger partial charge in [-0.3, -0.25) is 9.59 Å². The Hall–Kier alpha value is -3.44. The molecule has 5 heteroatoms. The van der Waals surface area contributed by atoms with Crippen LogP contribution in [-0.2, 0) is 11.2 Å². The lowest BCUT2D eigenvalue weighted by Crippen LogP contribution is -2.50. The van der Waals surface area contributed by atoms with Gasteiger partial charge in [-0.15, -0.1) is 0 Å². The van der Waals surface area contributed by atoms with Gasteiger partial charge in [0.2, 0.25) is 5.91 Å². The molecule has 188 valence electrons. The summed E-state index contributed by atoms with van der Waals surface area (Å²) in [6.45, 7) is 1.83. The van der Waals surface area contributed by atoms with Crippen molar-refractivity contribution in [2.24, 2.45) is 5.92 Å². The summed E-state index contributed by atoms with van der Waals surface area (Å²) in [5, 5.41) is 0. The normalized spacial score (nSPS) is 15.1. The van der Waals surface area contributed by atoms with Crippen LogP contribution in [0.25, 0.3) is 11.1 Å². The standard InChI is InChI=1S/C31H37N3O2/c1-32(2)23-30(35)33(3)29(22-24-10-6-4-7-11-24)27-18-20-34(21-19-27)31(36)28-16-14-26(15-17-28)25-12-8-5-9-13-25/h4-17,27,29H,18-23H2,1-3H3/t29-/m0/s1. The van der Waals surface area contributed by atoms with E-state index in [1.807, 2.05) is 84.4 Å². The summed E-state index contributed by atoms with van der Waals surface area (Å²) < 4.78 is 0. The average Bonchev–Trinajstić information content (AvgIpc) is 2.92. The summed E-state index contributed by atoms with van der Waals surface area (Å²) in [6.07, 6.45) is 2.62. The molecule has 1 saturated heterocycles. The zero-order valence-electron chi connectivity index (χ0n) is 21.6. The molecule has 0 spiro atoms. The van der Waals surface area contributed by atoms with E-state index in [1.54, 1.807) is 0 Å². The Kier molecular flexibility index (Phi) is 8.55. The van der Waals surface area contributed by atoms with E-state index >= 15 is 0 Å². The van der Waals surface area contributed by atoms with Gasteiger partial charge in [0.15, 0.2) is 0 Å². The van der Waals surface area contributed by atoms with Gasteiger partial charge in [-0.05, 0) is 68.1 Å². The van der Waals surface area contributed by atoms with Crippen LogP contribution in [0, 0.1) is 5.92 Å². The van der Waals surface area contributed by atoms with Crippen LogP contribution in [0.15, 0.2) is 84.9 Å². The molecule has 1 aliphatic heterocycles. The van der Waals surface area contributed by atoms with Crippen molar-refractivity contribution in [3.8, 4) is 11.1 Å². The minimum atomic E-state index is 0.0877. The monoisotopic (exact) mass is 483 g/mol. The minimum Gasteiger partial charge on any atom is -0.341 e. The topological polar surface area (TPSA) is 43.9 Å². The van der Waals surface area contributed by atoms with Gasteiger partial charge in [-0.1, -0.05) is 72.8 Å². The fourth-order valence-electron chi connectivity index (χ4n) is 5.15. The Morgan fingerprint density at radius 2 is 1.36 bits per heavy atom. The number of likely N-dealkylation sites (tertiary alicyclic amines) is 1. The number of carbonyl (C=O) groups is 2. The van der Waals surface area contributed by atoms with E-state index in [2.05, 4.69) is 36.4 Å². The quantitative estimate of drug-likeness (QED) is 0.461. The highest BCUT2D eigenvalue weighted by Crippen LogP contribution is 2.28. The first kappa shape index (κ1) is 25.6. The minimum absolute atomic E-state index is 0.0877. The van der Waals surface area contributed by atoms with Gasteiger partial charge < -0.3 is 14.7 Å². The largest absolute Gasteiger partial charge is 0.341 e. The van der Waals surface area contributed by atoms with Gasteiger partial charge in [-0.25, -0.2) is 0 Å². The third-order valence-electron chi connectivity index (χ3n) is 7.24. The smallest absolute Gasteiger partial charge is 0.253 e. The summed E-state index contributed by atoms with van der Waals surface area (Å²) in [5.41, 5.74) is 4.23. The molecule has 0 aromatic heterocycles. The van der Waals surface area contributed by atoms with Crippen LogP contribution < -0.4 is 0 Å². The van der Waals surface area contributed by atoms with Crippen LogP contribution in [0.2, 0.25) is 0 Å². The summed E-state index contributed by atoms with van der Waals surface area (Å²) in [4.78, 5) is 32.0. The first-order chi connectivity index (χ1) is 17.4. The molecule has 3 aromatic carbocycles. The highest BCUT2D eigenvalue weighted by Gasteiger charge is 2.33.